The highest BCUT2D eigenvalue weighted by atomic mass is 35.5. The Kier molecular flexibility index (Phi) is 3.99. The zero-order chi connectivity index (χ0) is 14.8. The van der Waals surface area contributed by atoms with E-state index in [0.29, 0.717) is 46.2 Å². The van der Waals surface area contributed by atoms with E-state index >= 15 is 0 Å². The Hall–Kier alpha value is -1.78. The third-order valence-electron chi connectivity index (χ3n) is 3.10. The minimum Gasteiger partial charge on any atom is -0.487 e. The van der Waals surface area contributed by atoms with E-state index in [1.807, 2.05) is 6.07 Å². The standard InChI is InChI=1S/C15H13Cl2NO3/c16-10-2-1-3-12(15(10)17)21-8-9-6-13-14(7-11(9)18)20-5-4-19-13/h1-3,6-7H,4-5,8,18H2. The van der Waals surface area contributed by atoms with E-state index in [9.17, 15) is 0 Å². The van der Waals surface area contributed by atoms with Crippen LogP contribution in [0, 0.1) is 0 Å². The van der Waals surface area contributed by atoms with Gasteiger partial charge in [-0.3, -0.25) is 0 Å². The molecule has 0 amide bonds. The number of nitrogens with two attached hydrogens (primary N) is 1. The van der Waals surface area contributed by atoms with Crippen LogP contribution in [0.25, 0.3) is 0 Å². The predicted molar refractivity (Wildman–Crippen MR) is 82.6 cm³/mol. The third kappa shape index (κ3) is 2.96. The normalized spacial score (nSPS) is 13.0. The molecule has 6 heteroatoms. The average Bonchev–Trinajstić information content (AvgIpc) is 2.49. The van der Waals surface area contributed by atoms with Crippen LogP contribution in [-0.4, -0.2) is 13.2 Å². The van der Waals surface area contributed by atoms with E-state index in [4.69, 9.17) is 43.1 Å². The van der Waals surface area contributed by atoms with Crippen molar-refractivity contribution in [1.29, 1.82) is 0 Å². The van der Waals surface area contributed by atoms with Crippen LogP contribution >= 0.6 is 23.2 Å². The Morgan fingerprint density at radius 1 is 1.10 bits per heavy atom. The lowest BCUT2D eigenvalue weighted by molar-refractivity contribution is 0.171. The molecule has 0 saturated heterocycles. The number of rotatable bonds is 3. The fourth-order valence-electron chi connectivity index (χ4n) is 2.02. The molecule has 0 aliphatic carbocycles. The van der Waals surface area contributed by atoms with E-state index in [2.05, 4.69) is 0 Å². The number of hydrogen-bond donors (Lipinski definition) is 1. The first kappa shape index (κ1) is 14.2. The molecule has 3 rings (SSSR count). The third-order valence-corrected chi connectivity index (χ3v) is 3.90. The SMILES string of the molecule is Nc1cc2c(cc1COc1cccc(Cl)c1Cl)OCCO2. The minimum atomic E-state index is 0.266. The molecule has 0 unspecified atom stereocenters. The Labute approximate surface area is 132 Å². The summed E-state index contributed by atoms with van der Waals surface area (Å²) in [6, 6.07) is 8.80. The summed E-state index contributed by atoms with van der Waals surface area (Å²) in [6.07, 6.45) is 0. The molecule has 2 N–H and O–H groups in total. The molecule has 0 saturated carbocycles. The molecule has 21 heavy (non-hydrogen) atoms. The van der Waals surface area contributed by atoms with Crippen molar-refractivity contribution < 1.29 is 14.2 Å². The number of fused-ring (bicyclic) bond motifs is 1. The molecule has 2 aromatic carbocycles. The van der Waals surface area contributed by atoms with Gasteiger partial charge in [0.15, 0.2) is 11.5 Å². The molecule has 4 nitrogen and oxygen atoms in total. The first-order chi connectivity index (χ1) is 10.1. The molecule has 0 aromatic heterocycles. The van der Waals surface area contributed by atoms with Crippen molar-refractivity contribution in [3.8, 4) is 17.2 Å². The number of halogens is 2. The van der Waals surface area contributed by atoms with Gasteiger partial charge in [0.25, 0.3) is 0 Å². The van der Waals surface area contributed by atoms with E-state index in [1.165, 1.54) is 0 Å². The highest BCUT2D eigenvalue weighted by molar-refractivity contribution is 6.42. The lowest BCUT2D eigenvalue weighted by Crippen LogP contribution is -2.16. The second kappa shape index (κ2) is 5.92. The summed E-state index contributed by atoms with van der Waals surface area (Å²) in [7, 11) is 0. The second-order valence-corrected chi connectivity index (χ2v) is 5.32. The molecule has 0 bridgehead atoms. The summed E-state index contributed by atoms with van der Waals surface area (Å²) in [6.45, 7) is 1.32. The van der Waals surface area contributed by atoms with Crippen LogP contribution in [0.1, 0.15) is 5.56 Å². The van der Waals surface area contributed by atoms with Gasteiger partial charge in [-0.05, 0) is 18.2 Å². The Balaban J connectivity index is 1.80. The molecule has 1 heterocycles. The van der Waals surface area contributed by atoms with Crippen LogP contribution in [0.5, 0.6) is 17.2 Å². The number of ether oxygens (including phenoxy) is 3. The van der Waals surface area contributed by atoms with Crippen LogP contribution in [0.15, 0.2) is 30.3 Å². The molecule has 0 radical (unpaired) electrons. The maximum atomic E-state index is 6.08. The Morgan fingerprint density at radius 2 is 1.81 bits per heavy atom. The zero-order valence-corrected chi connectivity index (χ0v) is 12.6. The van der Waals surface area contributed by atoms with Crippen molar-refractivity contribution in [2.45, 2.75) is 6.61 Å². The van der Waals surface area contributed by atoms with Gasteiger partial charge in [0, 0.05) is 17.3 Å². The predicted octanol–water partition coefficient (Wildman–Crippen LogP) is 3.93. The van der Waals surface area contributed by atoms with Gasteiger partial charge in [0.1, 0.15) is 30.6 Å². The number of nitrogen functional groups attached to an aromatic ring is 1. The number of anilines is 1. The van der Waals surface area contributed by atoms with Crippen LogP contribution in [0.2, 0.25) is 10.0 Å². The molecule has 0 fully saturated rings. The quantitative estimate of drug-likeness (QED) is 0.869. The lowest BCUT2D eigenvalue weighted by atomic mass is 10.1. The molecule has 0 spiro atoms. The van der Waals surface area contributed by atoms with Gasteiger partial charge in [0.2, 0.25) is 0 Å². The molecule has 1 aliphatic rings. The second-order valence-electron chi connectivity index (χ2n) is 4.54. The van der Waals surface area contributed by atoms with E-state index in [-0.39, 0.29) is 6.61 Å². The average molecular weight is 326 g/mol. The Morgan fingerprint density at radius 3 is 2.57 bits per heavy atom. The molecular weight excluding hydrogens is 313 g/mol. The van der Waals surface area contributed by atoms with Gasteiger partial charge in [-0.1, -0.05) is 29.3 Å². The zero-order valence-electron chi connectivity index (χ0n) is 11.1. The van der Waals surface area contributed by atoms with Crippen molar-refractivity contribution in [2.75, 3.05) is 18.9 Å². The highest BCUT2D eigenvalue weighted by Gasteiger charge is 2.15. The van der Waals surface area contributed by atoms with E-state index in [1.54, 1.807) is 24.3 Å². The van der Waals surface area contributed by atoms with E-state index < -0.39 is 0 Å². The maximum absolute atomic E-state index is 6.08. The van der Waals surface area contributed by atoms with Crippen molar-refractivity contribution in [2.24, 2.45) is 0 Å². The first-order valence-electron chi connectivity index (χ1n) is 6.40. The fraction of sp³-hybridized carbons (Fsp3) is 0.200. The molecule has 0 atom stereocenters. The van der Waals surface area contributed by atoms with Gasteiger partial charge in [-0.2, -0.15) is 0 Å². The Bertz CT molecular complexity index is 676. The summed E-state index contributed by atoms with van der Waals surface area (Å²) in [5.74, 6) is 1.84. The summed E-state index contributed by atoms with van der Waals surface area (Å²) < 4.78 is 16.7. The summed E-state index contributed by atoms with van der Waals surface area (Å²) in [5, 5.41) is 0.833. The fourth-order valence-corrected chi connectivity index (χ4v) is 2.37. The van der Waals surface area contributed by atoms with Gasteiger partial charge in [0.05, 0.1) is 5.02 Å². The van der Waals surface area contributed by atoms with Crippen molar-refractivity contribution >= 4 is 28.9 Å². The van der Waals surface area contributed by atoms with Crippen LogP contribution in [0.4, 0.5) is 5.69 Å². The number of benzene rings is 2. The van der Waals surface area contributed by atoms with Crippen LogP contribution < -0.4 is 19.9 Å². The summed E-state index contributed by atoms with van der Waals surface area (Å²) in [5.41, 5.74) is 7.38. The van der Waals surface area contributed by atoms with Gasteiger partial charge < -0.3 is 19.9 Å². The van der Waals surface area contributed by atoms with Gasteiger partial charge in [-0.25, -0.2) is 0 Å². The summed E-state index contributed by atoms with van der Waals surface area (Å²) >= 11 is 12.0. The first-order valence-corrected chi connectivity index (χ1v) is 7.15. The molecule has 1 aliphatic heterocycles. The molecule has 110 valence electrons. The van der Waals surface area contributed by atoms with Gasteiger partial charge in [-0.15, -0.1) is 0 Å². The molecule has 2 aromatic rings. The molecular formula is C15H13Cl2NO3. The van der Waals surface area contributed by atoms with E-state index in [0.717, 1.165) is 5.56 Å². The largest absolute Gasteiger partial charge is 0.487 e. The van der Waals surface area contributed by atoms with Crippen molar-refractivity contribution in [3.05, 3.63) is 45.9 Å². The van der Waals surface area contributed by atoms with Crippen molar-refractivity contribution in [3.63, 3.8) is 0 Å². The van der Waals surface area contributed by atoms with Crippen LogP contribution in [0.3, 0.4) is 0 Å². The topological polar surface area (TPSA) is 53.7 Å². The lowest BCUT2D eigenvalue weighted by Gasteiger charge is -2.20. The maximum Gasteiger partial charge on any atom is 0.163 e. The van der Waals surface area contributed by atoms with Crippen LogP contribution in [-0.2, 0) is 6.61 Å². The van der Waals surface area contributed by atoms with Crippen molar-refractivity contribution in [1.82, 2.24) is 0 Å². The number of hydrogen-bond acceptors (Lipinski definition) is 4. The highest BCUT2D eigenvalue weighted by Crippen LogP contribution is 2.36. The smallest absolute Gasteiger partial charge is 0.163 e. The monoisotopic (exact) mass is 325 g/mol. The minimum absolute atomic E-state index is 0.266. The summed E-state index contributed by atoms with van der Waals surface area (Å²) in [4.78, 5) is 0. The van der Waals surface area contributed by atoms with Gasteiger partial charge >= 0.3 is 0 Å².